The van der Waals surface area contributed by atoms with Crippen molar-refractivity contribution in [3.63, 3.8) is 0 Å². The number of hydrogen-bond donors (Lipinski definition) is 2. The summed E-state index contributed by atoms with van der Waals surface area (Å²) in [5.41, 5.74) is 3.52. The van der Waals surface area contributed by atoms with Crippen LogP contribution >= 0.6 is 0 Å². The van der Waals surface area contributed by atoms with Gasteiger partial charge in [0, 0.05) is 25.1 Å². The Morgan fingerprint density at radius 2 is 1.55 bits per heavy atom. The summed E-state index contributed by atoms with van der Waals surface area (Å²) in [6.45, 7) is 0.732. The van der Waals surface area contributed by atoms with Crippen LogP contribution in [0.2, 0.25) is 0 Å². The Morgan fingerprint density at radius 3 is 2.21 bits per heavy atom. The zero-order valence-electron chi connectivity index (χ0n) is 18.0. The fourth-order valence-electron chi connectivity index (χ4n) is 4.01. The van der Waals surface area contributed by atoms with Crippen molar-refractivity contribution < 1.29 is 18.0 Å². The summed E-state index contributed by atoms with van der Waals surface area (Å²) in [6, 6.07) is 22.5. The molecule has 2 amide bonds. The van der Waals surface area contributed by atoms with E-state index in [1.165, 1.54) is 12.1 Å². The lowest BCUT2D eigenvalue weighted by atomic mass is 9.92. The van der Waals surface area contributed by atoms with Crippen LogP contribution in [0.25, 0.3) is 0 Å². The van der Waals surface area contributed by atoms with E-state index >= 15 is 0 Å². The average molecular weight is 464 g/mol. The van der Waals surface area contributed by atoms with Crippen LogP contribution in [0.15, 0.2) is 83.8 Å². The molecule has 0 aliphatic carbocycles. The van der Waals surface area contributed by atoms with Crippen molar-refractivity contribution in [2.75, 3.05) is 6.54 Å². The van der Waals surface area contributed by atoms with E-state index in [2.05, 4.69) is 5.32 Å². The van der Waals surface area contributed by atoms with Crippen LogP contribution < -0.4 is 10.5 Å². The van der Waals surface area contributed by atoms with Crippen LogP contribution in [0.4, 0.5) is 0 Å². The molecule has 0 aromatic heterocycles. The lowest BCUT2D eigenvalue weighted by Gasteiger charge is -2.36. The molecule has 0 unspecified atom stereocenters. The molecule has 8 heteroatoms. The molecule has 0 saturated carbocycles. The molecule has 0 fully saturated rings. The Hall–Kier alpha value is -3.49. The van der Waals surface area contributed by atoms with Crippen molar-refractivity contribution in [2.45, 2.75) is 30.3 Å². The number of nitrogens with one attached hydrogen (secondary N) is 1. The summed E-state index contributed by atoms with van der Waals surface area (Å²) in [5.74, 6) is -0.390. The summed E-state index contributed by atoms with van der Waals surface area (Å²) in [7, 11) is -3.74. The number of sulfonamides is 1. The molecule has 0 spiro atoms. The Kier molecular flexibility index (Phi) is 6.57. The number of hydrogen-bond acceptors (Lipinski definition) is 4. The number of amides is 2. The van der Waals surface area contributed by atoms with Gasteiger partial charge in [-0.05, 0) is 47.4 Å². The van der Waals surface area contributed by atoms with E-state index in [9.17, 15) is 18.0 Å². The molecule has 33 heavy (non-hydrogen) atoms. The smallest absolute Gasteiger partial charge is 0.254 e. The van der Waals surface area contributed by atoms with Crippen LogP contribution in [-0.4, -0.2) is 37.7 Å². The first-order valence-electron chi connectivity index (χ1n) is 10.6. The zero-order valence-corrected chi connectivity index (χ0v) is 18.8. The minimum Gasteiger partial charge on any atom is -0.354 e. The quantitative estimate of drug-likeness (QED) is 0.584. The number of carbonyl (C=O) groups excluding carboxylic acids is 2. The SMILES string of the molecule is NS(=O)(=O)c1ccc(CCNC(=O)[C@@H]2Cc3ccccc3CN2C(=O)c2ccccc2)cc1. The Labute approximate surface area is 193 Å². The molecule has 0 radical (unpaired) electrons. The number of nitrogens with two attached hydrogens (primary N) is 1. The van der Waals surface area contributed by atoms with Crippen molar-refractivity contribution in [1.82, 2.24) is 10.2 Å². The third-order valence-electron chi connectivity index (χ3n) is 5.80. The maximum atomic E-state index is 13.2. The van der Waals surface area contributed by atoms with E-state index in [0.29, 0.717) is 31.5 Å². The molecule has 0 saturated heterocycles. The van der Waals surface area contributed by atoms with Crippen molar-refractivity contribution in [2.24, 2.45) is 5.14 Å². The van der Waals surface area contributed by atoms with Crippen LogP contribution in [0.1, 0.15) is 27.0 Å². The second-order valence-electron chi connectivity index (χ2n) is 8.02. The predicted molar refractivity (Wildman–Crippen MR) is 125 cm³/mol. The third-order valence-corrected chi connectivity index (χ3v) is 6.73. The van der Waals surface area contributed by atoms with Crippen molar-refractivity contribution in [1.29, 1.82) is 0 Å². The van der Waals surface area contributed by atoms with Gasteiger partial charge in [0.2, 0.25) is 15.9 Å². The standard InChI is InChI=1S/C25H25N3O4S/c26-33(31,32)22-12-10-18(11-13-22)14-15-27-24(29)23-16-20-8-4-5-9-21(20)17-28(23)25(30)19-6-2-1-3-7-19/h1-13,23H,14-17H2,(H,27,29)(H2,26,31,32)/t23-/m0/s1. The molecule has 3 aromatic carbocycles. The number of rotatable bonds is 6. The molecule has 3 N–H and O–H groups in total. The molecule has 7 nitrogen and oxygen atoms in total. The maximum absolute atomic E-state index is 13.2. The number of fused-ring (bicyclic) bond motifs is 1. The monoisotopic (exact) mass is 463 g/mol. The van der Waals surface area contributed by atoms with Gasteiger partial charge in [0.25, 0.3) is 5.91 Å². The molecule has 1 aliphatic rings. The van der Waals surface area contributed by atoms with E-state index in [1.807, 2.05) is 30.3 Å². The Morgan fingerprint density at radius 1 is 0.909 bits per heavy atom. The second kappa shape index (κ2) is 9.56. The highest BCUT2D eigenvalue weighted by Crippen LogP contribution is 2.25. The number of benzene rings is 3. The molecule has 1 aliphatic heterocycles. The van der Waals surface area contributed by atoms with Gasteiger partial charge in [0.05, 0.1) is 4.90 Å². The van der Waals surface area contributed by atoms with Crippen molar-refractivity contribution >= 4 is 21.8 Å². The second-order valence-corrected chi connectivity index (χ2v) is 9.58. The number of carbonyl (C=O) groups is 2. The van der Waals surface area contributed by atoms with Gasteiger partial charge in [-0.15, -0.1) is 0 Å². The van der Waals surface area contributed by atoms with Gasteiger partial charge in [-0.25, -0.2) is 13.6 Å². The largest absolute Gasteiger partial charge is 0.354 e. The van der Waals surface area contributed by atoms with Crippen molar-refractivity contribution in [3.8, 4) is 0 Å². The van der Waals surface area contributed by atoms with Gasteiger partial charge < -0.3 is 10.2 Å². The summed E-state index contributed by atoms with van der Waals surface area (Å²) >= 11 is 0. The highest BCUT2D eigenvalue weighted by atomic mass is 32.2. The van der Waals surface area contributed by atoms with Gasteiger partial charge in [0.15, 0.2) is 0 Å². The Balaban J connectivity index is 1.46. The molecule has 4 rings (SSSR count). The van der Waals surface area contributed by atoms with Gasteiger partial charge in [-0.3, -0.25) is 9.59 Å². The van der Waals surface area contributed by atoms with Crippen LogP contribution in [0, 0.1) is 0 Å². The Bertz CT molecular complexity index is 1260. The topological polar surface area (TPSA) is 110 Å². The van der Waals surface area contributed by atoms with E-state index < -0.39 is 16.1 Å². The molecular weight excluding hydrogens is 438 g/mol. The first-order chi connectivity index (χ1) is 15.8. The molecule has 1 heterocycles. The van der Waals surface area contributed by atoms with E-state index in [-0.39, 0.29) is 16.7 Å². The summed E-state index contributed by atoms with van der Waals surface area (Å²) in [5, 5.41) is 8.06. The maximum Gasteiger partial charge on any atom is 0.254 e. The van der Waals surface area contributed by atoms with Gasteiger partial charge >= 0.3 is 0 Å². The molecular formula is C25H25N3O4S. The van der Waals surface area contributed by atoms with Crippen LogP contribution in [-0.2, 0) is 34.2 Å². The fraction of sp³-hybridized carbons (Fsp3) is 0.200. The van der Waals surface area contributed by atoms with Gasteiger partial charge in [-0.2, -0.15) is 0 Å². The summed E-state index contributed by atoms with van der Waals surface area (Å²) < 4.78 is 22.8. The highest BCUT2D eigenvalue weighted by molar-refractivity contribution is 7.89. The first kappa shape index (κ1) is 22.7. The van der Waals surface area contributed by atoms with Crippen LogP contribution in [0.3, 0.4) is 0 Å². The minimum atomic E-state index is -3.74. The van der Waals surface area contributed by atoms with Gasteiger partial charge in [-0.1, -0.05) is 54.6 Å². The highest BCUT2D eigenvalue weighted by Gasteiger charge is 2.34. The molecule has 3 aromatic rings. The molecule has 1 atom stereocenters. The third kappa shape index (κ3) is 5.30. The van der Waals surface area contributed by atoms with E-state index in [0.717, 1.165) is 16.7 Å². The molecule has 0 bridgehead atoms. The minimum absolute atomic E-state index is 0.0474. The van der Waals surface area contributed by atoms with Crippen molar-refractivity contribution in [3.05, 3.63) is 101 Å². The average Bonchev–Trinajstić information content (AvgIpc) is 2.83. The normalized spacial score (nSPS) is 15.5. The number of nitrogens with zero attached hydrogens (tertiary/aromatic N) is 1. The van der Waals surface area contributed by atoms with Gasteiger partial charge in [0.1, 0.15) is 6.04 Å². The van der Waals surface area contributed by atoms with Crippen LogP contribution in [0.5, 0.6) is 0 Å². The van der Waals surface area contributed by atoms with E-state index in [4.69, 9.17) is 5.14 Å². The van der Waals surface area contributed by atoms with E-state index in [1.54, 1.807) is 41.3 Å². The molecule has 170 valence electrons. The lowest BCUT2D eigenvalue weighted by molar-refractivity contribution is -0.126. The lowest BCUT2D eigenvalue weighted by Crippen LogP contribution is -2.52. The first-order valence-corrected chi connectivity index (χ1v) is 12.2. The summed E-state index contributed by atoms with van der Waals surface area (Å²) in [4.78, 5) is 28.0. The number of primary sulfonamides is 1. The predicted octanol–water partition coefficient (Wildman–Crippen LogP) is 2.26. The zero-order chi connectivity index (χ0) is 23.4. The fourth-order valence-corrected chi connectivity index (χ4v) is 4.53. The summed E-state index contributed by atoms with van der Waals surface area (Å²) in [6.07, 6.45) is 0.968.